The molecule has 0 atom stereocenters. The van der Waals surface area contributed by atoms with Gasteiger partial charge in [-0.25, -0.2) is 4.98 Å². The summed E-state index contributed by atoms with van der Waals surface area (Å²) in [5.41, 5.74) is 4.52. The molecule has 5 nitrogen and oxygen atoms in total. The molecule has 1 aromatic heterocycles. The number of fused-ring (bicyclic) bond motifs is 1. The van der Waals surface area contributed by atoms with Crippen molar-refractivity contribution in [3.8, 4) is 28.8 Å². The molecular weight excluding hydrogens is 358 g/mol. The minimum atomic E-state index is 0.235. The minimum absolute atomic E-state index is 0.235. The van der Waals surface area contributed by atoms with Gasteiger partial charge < -0.3 is 14.8 Å². The van der Waals surface area contributed by atoms with Crippen LogP contribution in [-0.4, -0.2) is 11.8 Å². The predicted molar refractivity (Wildman–Crippen MR) is 107 cm³/mol. The van der Waals surface area contributed by atoms with Crippen LogP contribution in [0, 0.1) is 11.3 Å². The van der Waals surface area contributed by atoms with Crippen LogP contribution in [0.15, 0.2) is 54.0 Å². The number of allylic oxidation sites excluding steroid dienone is 1. The van der Waals surface area contributed by atoms with Crippen LogP contribution >= 0.6 is 11.3 Å². The Bertz CT molecular complexity index is 1030. The Kier molecular flexibility index (Phi) is 4.77. The number of aromatic nitrogens is 1. The van der Waals surface area contributed by atoms with E-state index in [1.165, 1.54) is 16.9 Å². The van der Waals surface area contributed by atoms with Crippen LogP contribution in [0.25, 0.3) is 16.8 Å². The molecular formula is C21H17N3O2S. The third kappa shape index (κ3) is 3.64. The lowest BCUT2D eigenvalue weighted by molar-refractivity contribution is 0.174. The zero-order valence-electron chi connectivity index (χ0n) is 14.7. The summed E-state index contributed by atoms with van der Waals surface area (Å²) in [6, 6.07) is 16.1. The van der Waals surface area contributed by atoms with E-state index in [2.05, 4.69) is 47.6 Å². The number of anilines is 1. The van der Waals surface area contributed by atoms with Crippen LogP contribution < -0.4 is 14.8 Å². The topological polar surface area (TPSA) is 67.2 Å². The maximum atomic E-state index is 9.52. The highest BCUT2D eigenvalue weighted by atomic mass is 32.1. The van der Waals surface area contributed by atoms with Gasteiger partial charge in [0.15, 0.2) is 11.5 Å². The van der Waals surface area contributed by atoms with Crippen molar-refractivity contribution in [1.82, 2.24) is 4.98 Å². The molecule has 134 valence electrons. The van der Waals surface area contributed by atoms with Crippen molar-refractivity contribution in [2.24, 2.45) is 0 Å². The summed E-state index contributed by atoms with van der Waals surface area (Å²) >= 11 is 1.46. The van der Waals surface area contributed by atoms with Crippen LogP contribution in [0.3, 0.4) is 0 Å². The Morgan fingerprint density at radius 2 is 2.04 bits per heavy atom. The Labute approximate surface area is 161 Å². The molecule has 0 spiro atoms. The first-order valence-electron chi connectivity index (χ1n) is 8.58. The zero-order chi connectivity index (χ0) is 18.6. The SMILES string of the molecule is CCc1ccc(-c2csc(/C(C#N)=C/Nc3ccc4c(c3)OCO4)n2)cc1. The first-order valence-corrected chi connectivity index (χ1v) is 9.46. The molecule has 0 unspecified atom stereocenters. The number of aryl methyl sites for hydroxylation is 1. The average molecular weight is 375 g/mol. The van der Waals surface area contributed by atoms with E-state index in [1.54, 1.807) is 6.20 Å². The molecule has 27 heavy (non-hydrogen) atoms. The van der Waals surface area contributed by atoms with Crippen molar-refractivity contribution in [3.05, 3.63) is 64.6 Å². The van der Waals surface area contributed by atoms with Crippen LogP contribution in [0.4, 0.5) is 5.69 Å². The minimum Gasteiger partial charge on any atom is -0.454 e. The van der Waals surface area contributed by atoms with Gasteiger partial charge in [0.05, 0.1) is 5.69 Å². The number of hydrogen-bond donors (Lipinski definition) is 1. The lowest BCUT2D eigenvalue weighted by Crippen LogP contribution is -1.93. The Balaban J connectivity index is 1.53. The Morgan fingerprint density at radius 3 is 2.81 bits per heavy atom. The number of nitrogens with one attached hydrogen (secondary N) is 1. The second-order valence-corrected chi connectivity index (χ2v) is 6.83. The highest BCUT2D eigenvalue weighted by molar-refractivity contribution is 7.11. The molecule has 0 saturated heterocycles. The molecule has 1 aliphatic rings. The van der Waals surface area contributed by atoms with E-state index in [-0.39, 0.29) is 6.79 Å². The van der Waals surface area contributed by atoms with Gasteiger partial charge in [0.25, 0.3) is 0 Å². The van der Waals surface area contributed by atoms with Gasteiger partial charge in [-0.05, 0) is 24.1 Å². The third-order valence-electron chi connectivity index (χ3n) is 4.27. The number of ether oxygens (including phenoxy) is 2. The van der Waals surface area contributed by atoms with E-state index in [4.69, 9.17) is 9.47 Å². The summed E-state index contributed by atoms with van der Waals surface area (Å²) < 4.78 is 10.7. The molecule has 2 aromatic carbocycles. The molecule has 0 amide bonds. The maximum absolute atomic E-state index is 9.52. The number of benzene rings is 2. The van der Waals surface area contributed by atoms with Crippen LogP contribution in [0.5, 0.6) is 11.5 Å². The molecule has 1 aliphatic heterocycles. The van der Waals surface area contributed by atoms with Gasteiger partial charge in [0.2, 0.25) is 6.79 Å². The third-order valence-corrected chi connectivity index (χ3v) is 5.14. The quantitative estimate of drug-likeness (QED) is 0.630. The average Bonchev–Trinajstić information content (AvgIpc) is 3.38. The fourth-order valence-electron chi connectivity index (χ4n) is 2.72. The molecule has 1 N–H and O–H groups in total. The number of nitrogens with zero attached hydrogens (tertiary/aromatic N) is 2. The first kappa shape index (κ1) is 17.1. The highest BCUT2D eigenvalue weighted by Gasteiger charge is 2.13. The summed E-state index contributed by atoms with van der Waals surface area (Å²) in [5.74, 6) is 1.42. The summed E-state index contributed by atoms with van der Waals surface area (Å²) in [6.07, 6.45) is 2.68. The number of thiazole rings is 1. The smallest absolute Gasteiger partial charge is 0.231 e. The van der Waals surface area contributed by atoms with Crippen molar-refractivity contribution >= 4 is 22.6 Å². The summed E-state index contributed by atoms with van der Waals surface area (Å²) in [4.78, 5) is 4.62. The lowest BCUT2D eigenvalue weighted by atomic mass is 10.1. The Hall–Kier alpha value is -3.30. The van der Waals surface area contributed by atoms with E-state index in [0.717, 1.165) is 29.1 Å². The van der Waals surface area contributed by atoms with Gasteiger partial charge in [0, 0.05) is 28.9 Å². The molecule has 0 fully saturated rings. The van der Waals surface area contributed by atoms with Gasteiger partial charge >= 0.3 is 0 Å². The van der Waals surface area contributed by atoms with E-state index in [9.17, 15) is 5.26 Å². The van der Waals surface area contributed by atoms with Crippen molar-refractivity contribution in [3.63, 3.8) is 0 Å². The molecule has 2 heterocycles. The lowest BCUT2D eigenvalue weighted by Gasteiger charge is -2.03. The zero-order valence-corrected chi connectivity index (χ0v) is 15.5. The normalized spacial score (nSPS) is 12.7. The number of rotatable bonds is 5. The predicted octanol–water partition coefficient (Wildman–Crippen LogP) is 5.08. The molecule has 4 rings (SSSR count). The van der Waals surface area contributed by atoms with Crippen molar-refractivity contribution in [1.29, 1.82) is 5.26 Å². The van der Waals surface area contributed by atoms with Gasteiger partial charge in [-0.1, -0.05) is 31.2 Å². The van der Waals surface area contributed by atoms with Crippen LogP contribution in [0.1, 0.15) is 17.5 Å². The van der Waals surface area contributed by atoms with Gasteiger partial charge in [-0.15, -0.1) is 11.3 Å². The van der Waals surface area contributed by atoms with E-state index < -0.39 is 0 Å². The summed E-state index contributed by atoms with van der Waals surface area (Å²) in [6.45, 7) is 2.37. The van der Waals surface area contributed by atoms with Crippen LogP contribution in [-0.2, 0) is 6.42 Å². The van der Waals surface area contributed by atoms with E-state index in [0.29, 0.717) is 16.3 Å². The number of nitriles is 1. The highest BCUT2D eigenvalue weighted by Crippen LogP contribution is 2.34. The molecule has 6 heteroatoms. The first-order chi connectivity index (χ1) is 13.3. The fourth-order valence-corrected chi connectivity index (χ4v) is 3.52. The van der Waals surface area contributed by atoms with Gasteiger partial charge in [-0.2, -0.15) is 5.26 Å². The molecule has 0 bridgehead atoms. The van der Waals surface area contributed by atoms with Gasteiger partial charge in [0.1, 0.15) is 16.6 Å². The van der Waals surface area contributed by atoms with Crippen molar-refractivity contribution < 1.29 is 9.47 Å². The second kappa shape index (κ2) is 7.52. The summed E-state index contributed by atoms with van der Waals surface area (Å²) in [5, 5.41) is 15.3. The molecule has 3 aromatic rings. The Morgan fingerprint density at radius 1 is 1.22 bits per heavy atom. The molecule has 0 radical (unpaired) electrons. The maximum Gasteiger partial charge on any atom is 0.231 e. The number of hydrogen-bond acceptors (Lipinski definition) is 6. The summed E-state index contributed by atoms with van der Waals surface area (Å²) in [7, 11) is 0. The largest absolute Gasteiger partial charge is 0.454 e. The van der Waals surface area contributed by atoms with Crippen LogP contribution in [0.2, 0.25) is 0 Å². The van der Waals surface area contributed by atoms with E-state index >= 15 is 0 Å². The monoisotopic (exact) mass is 375 g/mol. The molecule has 0 aliphatic carbocycles. The van der Waals surface area contributed by atoms with Crippen molar-refractivity contribution in [2.75, 3.05) is 12.1 Å². The van der Waals surface area contributed by atoms with E-state index in [1.807, 2.05) is 23.6 Å². The second-order valence-electron chi connectivity index (χ2n) is 5.97. The van der Waals surface area contributed by atoms with Crippen molar-refractivity contribution in [2.45, 2.75) is 13.3 Å². The standard InChI is InChI=1S/C21H17N3O2S/c1-2-14-3-5-15(6-4-14)18-12-27-21(24-18)16(10-22)11-23-17-7-8-19-20(9-17)26-13-25-19/h3-9,11-12,23H,2,13H2,1H3/b16-11+. The fraction of sp³-hybridized carbons (Fsp3) is 0.143. The molecule has 0 saturated carbocycles. The van der Waals surface area contributed by atoms with Gasteiger partial charge in [-0.3, -0.25) is 0 Å².